The third-order valence-electron chi connectivity index (χ3n) is 11.5. The Kier molecular flexibility index (Phi) is 8.62. The van der Waals surface area contributed by atoms with E-state index in [4.69, 9.17) is 14.2 Å². The summed E-state index contributed by atoms with van der Waals surface area (Å²) in [6, 6.07) is 0. The largest absolute Gasteiger partial charge is 0.478 e. The molecule has 8 nitrogen and oxygen atoms in total. The summed E-state index contributed by atoms with van der Waals surface area (Å²) >= 11 is 0. The molecule has 1 aliphatic heterocycles. The molecule has 0 amide bonds. The van der Waals surface area contributed by atoms with Gasteiger partial charge >= 0.3 is 23.9 Å². The fourth-order valence-electron chi connectivity index (χ4n) is 9.08. The number of fused-ring (bicyclic) bond motifs is 4. The third-order valence-corrected chi connectivity index (χ3v) is 11.5. The van der Waals surface area contributed by atoms with Gasteiger partial charge in [0.1, 0.15) is 18.3 Å². The van der Waals surface area contributed by atoms with Crippen LogP contribution in [0, 0.1) is 34.0 Å². The van der Waals surface area contributed by atoms with Crippen LogP contribution in [0.1, 0.15) is 100 Å². The summed E-state index contributed by atoms with van der Waals surface area (Å²) in [5.74, 6) is -1.65. The Morgan fingerprint density at radius 1 is 1.12 bits per heavy atom. The van der Waals surface area contributed by atoms with E-state index in [-0.39, 0.29) is 58.7 Å². The van der Waals surface area contributed by atoms with Crippen LogP contribution in [0.5, 0.6) is 0 Å². The number of rotatable bonds is 8. The average Bonchev–Trinajstić information content (AvgIpc) is 3.17. The lowest BCUT2D eigenvalue weighted by Crippen LogP contribution is -2.56. The second-order valence-corrected chi connectivity index (χ2v) is 14.1. The van der Waals surface area contributed by atoms with Crippen LogP contribution in [0.3, 0.4) is 0 Å². The van der Waals surface area contributed by atoms with Gasteiger partial charge in [0.2, 0.25) is 0 Å². The molecule has 1 N–H and O–H groups in total. The number of hydrogen-bond donors (Lipinski definition) is 1. The van der Waals surface area contributed by atoms with E-state index in [2.05, 4.69) is 32.9 Å². The molecule has 232 valence electrons. The SMILES string of the molecule is CC(=O)O[C@@H](CC=C(C)C(=O)O)[C@@H](C)[C@H]1CC[C@@]2(C)C3=CC[C@@H](C(C)(C)OC(C)=O)[C@]4(CCC(=O)OC4)C3=CC[C@]12C. The predicted octanol–water partition coefficient (Wildman–Crippen LogP) is 6.34. The molecule has 1 spiro atoms. The third kappa shape index (κ3) is 5.35. The Bertz CT molecular complexity index is 1230. The topological polar surface area (TPSA) is 116 Å². The van der Waals surface area contributed by atoms with Gasteiger partial charge in [-0.05, 0) is 86.7 Å². The minimum absolute atomic E-state index is 0.0120. The molecule has 3 aliphatic carbocycles. The monoisotopic (exact) mass is 584 g/mol. The van der Waals surface area contributed by atoms with Gasteiger partial charge in [0.05, 0.1) is 0 Å². The van der Waals surface area contributed by atoms with Crippen molar-refractivity contribution < 1.29 is 38.5 Å². The van der Waals surface area contributed by atoms with Crippen molar-refractivity contribution in [2.75, 3.05) is 6.61 Å². The van der Waals surface area contributed by atoms with Gasteiger partial charge in [0.25, 0.3) is 0 Å². The molecular weight excluding hydrogens is 536 g/mol. The van der Waals surface area contributed by atoms with Crippen molar-refractivity contribution in [1.82, 2.24) is 0 Å². The second kappa shape index (κ2) is 11.3. The smallest absolute Gasteiger partial charge is 0.330 e. The first kappa shape index (κ1) is 32.0. The second-order valence-electron chi connectivity index (χ2n) is 14.1. The quantitative estimate of drug-likeness (QED) is 0.200. The van der Waals surface area contributed by atoms with Crippen molar-refractivity contribution in [3.63, 3.8) is 0 Å². The van der Waals surface area contributed by atoms with Gasteiger partial charge in [-0.3, -0.25) is 14.4 Å². The number of carbonyl (C=O) groups excluding carboxylic acids is 3. The molecule has 2 fully saturated rings. The van der Waals surface area contributed by atoms with Gasteiger partial charge < -0.3 is 19.3 Å². The fourth-order valence-corrected chi connectivity index (χ4v) is 9.08. The van der Waals surface area contributed by atoms with Crippen LogP contribution in [0.4, 0.5) is 0 Å². The molecule has 42 heavy (non-hydrogen) atoms. The lowest BCUT2D eigenvalue weighted by Gasteiger charge is -2.59. The van der Waals surface area contributed by atoms with Crippen molar-refractivity contribution in [1.29, 1.82) is 0 Å². The van der Waals surface area contributed by atoms with Gasteiger partial charge in [0.15, 0.2) is 0 Å². The summed E-state index contributed by atoms with van der Waals surface area (Å²) in [6.45, 7) is 15.4. The van der Waals surface area contributed by atoms with Crippen molar-refractivity contribution in [2.45, 2.75) is 112 Å². The number of ether oxygens (including phenoxy) is 3. The lowest BCUT2D eigenvalue weighted by atomic mass is 9.46. The molecule has 0 radical (unpaired) electrons. The molecule has 0 aromatic rings. The highest BCUT2D eigenvalue weighted by molar-refractivity contribution is 5.85. The number of carboxylic acids is 1. The highest BCUT2D eigenvalue weighted by Gasteiger charge is 2.64. The highest BCUT2D eigenvalue weighted by atomic mass is 16.6. The average molecular weight is 585 g/mol. The fraction of sp³-hybridized carbons (Fsp3) is 0.706. The van der Waals surface area contributed by atoms with Crippen LogP contribution in [-0.2, 0) is 33.4 Å². The molecule has 8 heteroatoms. The molecule has 1 saturated heterocycles. The highest BCUT2D eigenvalue weighted by Crippen LogP contribution is 2.71. The predicted molar refractivity (Wildman–Crippen MR) is 157 cm³/mol. The summed E-state index contributed by atoms with van der Waals surface area (Å²) < 4.78 is 17.5. The normalized spacial score (nSPS) is 34.3. The Morgan fingerprint density at radius 2 is 1.81 bits per heavy atom. The zero-order chi connectivity index (χ0) is 31.3. The van der Waals surface area contributed by atoms with Crippen LogP contribution in [0.2, 0.25) is 0 Å². The molecular formula is C34H48O8. The molecule has 4 rings (SSSR count). The molecule has 0 aromatic carbocycles. The standard InChI is InChI=1S/C34H48O8/c1-20(30(38)39)9-11-27(41-22(3)35)21(2)24-13-16-33(8)25-10-12-28(31(5,6)42-23(4)36)34(18-15-29(37)40-19-34)26(25)14-17-32(24,33)7/h9-10,14,21,24,27-28H,11-13,15-19H2,1-8H3,(H,38,39)/t21-,24+,27-,28-,32+,33-,34-/m0/s1. The van der Waals surface area contributed by atoms with Crippen LogP contribution in [0.15, 0.2) is 34.9 Å². The van der Waals surface area contributed by atoms with Crippen LogP contribution in [-0.4, -0.2) is 47.3 Å². The van der Waals surface area contributed by atoms with E-state index in [9.17, 15) is 24.3 Å². The van der Waals surface area contributed by atoms with Crippen LogP contribution < -0.4 is 0 Å². The number of aliphatic carboxylic acids is 1. The van der Waals surface area contributed by atoms with Gasteiger partial charge in [-0.1, -0.05) is 39.0 Å². The molecule has 1 saturated carbocycles. The van der Waals surface area contributed by atoms with Gasteiger partial charge in [-0.15, -0.1) is 0 Å². The molecule has 0 unspecified atom stereocenters. The van der Waals surface area contributed by atoms with E-state index in [1.807, 2.05) is 13.8 Å². The van der Waals surface area contributed by atoms with Gasteiger partial charge in [-0.2, -0.15) is 0 Å². The van der Waals surface area contributed by atoms with Crippen LogP contribution >= 0.6 is 0 Å². The first-order valence-corrected chi connectivity index (χ1v) is 15.3. The number of cyclic esters (lactones) is 1. The van der Waals surface area contributed by atoms with Crippen molar-refractivity contribution in [3.8, 4) is 0 Å². The number of hydrogen-bond acceptors (Lipinski definition) is 7. The van der Waals surface area contributed by atoms with E-state index in [0.717, 1.165) is 19.3 Å². The maximum atomic E-state index is 12.3. The van der Waals surface area contributed by atoms with Crippen molar-refractivity contribution in [2.24, 2.45) is 34.0 Å². The zero-order valence-electron chi connectivity index (χ0n) is 26.5. The molecule has 0 bridgehead atoms. The lowest BCUT2D eigenvalue weighted by molar-refractivity contribution is -0.176. The van der Waals surface area contributed by atoms with Gasteiger partial charge in [0, 0.05) is 43.6 Å². The minimum atomic E-state index is -0.976. The van der Waals surface area contributed by atoms with Crippen molar-refractivity contribution >= 4 is 23.9 Å². The molecule has 4 aliphatic rings. The van der Waals surface area contributed by atoms with E-state index in [1.54, 1.807) is 13.0 Å². The van der Waals surface area contributed by atoms with Crippen molar-refractivity contribution in [3.05, 3.63) is 34.9 Å². The summed E-state index contributed by atoms with van der Waals surface area (Å²) in [5.41, 5.74) is 1.31. The minimum Gasteiger partial charge on any atom is -0.478 e. The first-order valence-electron chi connectivity index (χ1n) is 15.3. The number of allylic oxidation sites excluding steroid dienone is 3. The Morgan fingerprint density at radius 3 is 2.38 bits per heavy atom. The summed E-state index contributed by atoms with van der Waals surface area (Å²) in [7, 11) is 0. The van der Waals surface area contributed by atoms with E-state index in [0.29, 0.717) is 25.7 Å². The maximum absolute atomic E-state index is 12.3. The number of esters is 3. The number of carbonyl (C=O) groups is 4. The van der Waals surface area contributed by atoms with E-state index in [1.165, 1.54) is 25.0 Å². The molecule has 7 atom stereocenters. The summed E-state index contributed by atoms with van der Waals surface area (Å²) in [5, 5.41) is 9.36. The molecule has 1 heterocycles. The summed E-state index contributed by atoms with van der Waals surface area (Å²) in [6.07, 6.45) is 10.7. The van der Waals surface area contributed by atoms with E-state index >= 15 is 0 Å². The Balaban J connectivity index is 1.73. The van der Waals surface area contributed by atoms with Crippen LogP contribution in [0.25, 0.3) is 0 Å². The van der Waals surface area contributed by atoms with Gasteiger partial charge in [-0.25, -0.2) is 4.79 Å². The molecule has 0 aromatic heterocycles. The number of carboxylic acid groups (broad SMARTS) is 1. The summed E-state index contributed by atoms with van der Waals surface area (Å²) in [4.78, 5) is 47.9. The Labute approximate surface area is 249 Å². The zero-order valence-corrected chi connectivity index (χ0v) is 26.5. The van der Waals surface area contributed by atoms with E-state index < -0.39 is 23.1 Å². The first-order chi connectivity index (χ1) is 19.5. The maximum Gasteiger partial charge on any atom is 0.330 e. The Hall–Kier alpha value is -2.90.